The Morgan fingerprint density at radius 1 is 1.47 bits per heavy atom. The number of nitrogens with two attached hydrogens (primary N) is 1. The Bertz CT molecular complexity index is 406. The van der Waals surface area contributed by atoms with Crippen LogP contribution in [0.15, 0.2) is 4.52 Å². The summed E-state index contributed by atoms with van der Waals surface area (Å²) in [5, 5.41) is 4.00. The number of aromatic nitrogens is 2. The fourth-order valence-electron chi connectivity index (χ4n) is 3.15. The molecule has 0 aromatic carbocycles. The van der Waals surface area contributed by atoms with Crippen LogP contribution in [0.1, 0.15) is 43.8 Å². The summed E-state index contributed by atoms with van der Waals surface area (Å²) < 4.78 is 10.4. The first kappa shape index (κ1) is 11.2. The minimum Gasteiger partial charge on any atom is -0.382 e. The van der Waals surface area contributed by atoms with Gasteiger partial charge in [-0.3, -0.25) is 0 Å². The molecule has 5 nitrogen and oxygen atoms in total. The zero-order chi connectivity index (χ0) is 12.0. The Balaban J connectivity index is 1.75. The van der Waals surface area contributed by atoms with E-state index < -0.39 is 5.54 Å². The molecule has 0 saturated heterocycles. The summed E-state index contributed by atoms with van der Waals surface area (Å²) >= 11 is 0. The highest BCUT2D eigenvalue weighted by atomic mass is 16.5. The van der Waals surface area contributed by atoms with E-state index in [4.69, 9.17) is 15.0 Å². The van der Waals surface area contributed by atoms with Gasteiger partial charge in [-0.1, -0.05) is 11.6 Å². The van der Waals surface area contributed by atoms with Gasteiger partial charge in [0.15, 0.2) is 5.82 Å². The lowest BCUT2D eigenvalue weighted by Crippen LogP contribution is -2.39. The molecule has 17 heavy (non-hydrogen) atoms. The highest BCUT2D eigenvalue weighted by molar-refractivity contribution is 5.17. The van der Waals surface area contributed by atoms with Gasteiger partial charge in [-0.15, -0.1) is 0 Å². The van der Waals surface area contributed by atoms with Crippen molar-refractivity contribution < 1.29 is 9.26 Å². The quantitative estimate of drug-likeness (QED) is 0.856. The summed E-state index contributed by atoms with van der Waals surface area (Å²) in [7, 11) is 1.62. The van der Waals surface area contributed by atoms with Gasteiger partial charge < -0.3 is 15.0 Å². The molecule has 1 aromatic rings. The Hall–Kier alpha value is -0.940. The summed E-state index contributed by atoms with van der Waals surface area (Å²) in [4.78, 5) is 4.46. The maximum absolute atomic E-state index is 6.09. The van der Waals surface area contributed by atoms with Gasteiger partial charge in [0.05, 0.1) is 6.61 Å². The number of ether oxygens (including phenoxy) is 1. The van der Waals surface area contributed by atoms with E-state index in [-0.39, 0.29) is 0 Å². The molecule has 2 fully saturated rings. The third-order valence-corrected chi connectivity index (χ3v) is 4.09. The largest absolute Gasteiger partial charge is 0.382 e. The first-order valence-electron chi connectivity index (χ1n) is 6.25. The summed E-state index contributed by atoms with van der Waals surface area (Å²) in [6.07, 6.45) is 3.97. The molecule has 3 rings (SSSR count). The number of nitrogens with zero attached hydrogens (tertiary/aromatic N) is 2. The predicted molar refractivity (Wildman–Crippen MR) is 61.3 cm³/mol. The van der Waals surface area contributed by atoms with E-state index >= 15 is 0 Å². The van der Waals surface area contributed by atoms with Gasteiger partial charge in [-0.05, 0) is 31.6 Å². The van der Waals surface area contributed by atoms with Crippen LogP contribution in [0.3, 0.4) is 0 Å². The standard InChI is InChI=1S/C12H19N3O2/c1-12(13,6-16-2)11-14-10(17-15-11)9-7-4-3-5-8(7)9/h7-9H,3-6,13H2,1-2H3. The van der Waals surface area contributed by atoms with Crippen molar-refractivity contribution in [3.05, 3.63) is 11.7 Å². The van der Waals surface area contributed by atoms with Crippen LogP contribution >= 0.6 is 0 Å². The normalized spacial score (nSPS) is 34.4. The molecule has 0 radical (unpaired) electrons. The predicted octanol–water partition coefficient (Wildman–Crippen LogP) is 1.40. The van der Waals surface area contributed by atoms with E-state index in [1.54, 1.807) is 7.11 Å². The van der Waals surface area contributed by atoms with Crippen molar-refractivity contribution >= 4 is 0 Å². The minimum atomic E-state index is -0.666. The lowest BCUT2D eigenvalue weighted by atomic mass is 10.1. The number of hydrogen-bond donors (Lipinski definition) is 1. The molecule has 2 N–H and O–H groups in total. The molecular weight excluding hydrogens is 218 g/mol. The molecule has 2 saturated carbocycles. The fraction of sp³-hybridized carbons (Fsp3) is 0.833. The third kappa shape index (κ3) is 1.77. The Morgan fingerprint density at radius 3 is 2.82 bits per heavy atom. The van der Waals surface area contributed by atoms with Crippen LogP contribution in [0.2, 0.25) is 0 Å². The van der Waals surface area contributed by atoms with E-state index in [1.807, 2.05) is 6.92 Å². The van der Waals surface area contributed by atoms with E-state index in [9.17, 15) is 0 Å². The van der Waals surface area contributed by atoms with Crippen LogP contribution in [-0.4, -0.2) is 23.9 Å². The van der Waals surface area contributed by atoms with Crippen molar-refractivity contribution in [1.29, 1.82) is 0 Å². The second-order valence-electron chi connectivity index (χ2n) is 5.59. The molecule has 2 aliphatic rings. The van der Waals surface area contributed by atoms with Crippen molar-refractivity contribution in [1.82, 2.24) is 10.1 Å². The van der Waals surface area contributed by atoms with Crippen LogP contribution < -0.4 is 5.73 Å². The number of hydrogen-bond acceptors (Lipinski definition) is 5. The van der Waals surface area contributed by atoms with E-state index in [0.717, 1.165) is 17.7 Å². The Kier molecular flexibility index (Phi) is 2.48. The van der Waals surface area contributed by atoms with Crippen LogP contribution in [0.25, 0.3) is 0 Å². The molecule has 2 aliphatic carbocycles. The Morgan fingerprint density at radius 2 is 2.18 bits per heavy atom. The summed E-state index contributed by atoms with van der Waals surface area (Å²) in [6, 6.07) is 0. The molecule has 1 aromatic heterocycles. The minimum absolute atomic E-state index is 0.392. The van der Waals surface area contributed by atoms with Crippen LogP contribution in [0, 0.1) is 11.8 Å². The van der Waals surface area contributed by atoms with Gasteiger partial charge in [0, 0.05) is 13.0 Å². The van der Waals surface area contributed by atoms with Gasteiger partial charge in [0.2, 0.25) is 5.89 Å². The lowest BCUT2D eigenvalue weighted by Gasteiger charge is -2.18. The Labute approximate surface area is 101 Å². The molecule has 0 amide bonds. The highest BCUT2D eigenvalue weighted by Crippen LogP contribution is 2.62. The maximum Gasteiger partial charge on any atom is 0.230 e. The molecule has 3 atom stereocenters. The second kappa shape index (κ2) is 3.78. The lowest BCUT2D eigenvalue weighted by molar-refractivity contribution is 0.135. The molecule has 0 bridgehead atoms. The molecule has 94 valence electrons. The van der Waals surface area contributed by atoms with Gasteiger partial charge in [0.25, 0.3) is 0 Å². The first-order chi connectivity index (χ1) is 8.13. The molecule has 0 aliphatic heterocycles. The van der Waals surface area contributed by atoms with E-state index in [1.165, 1.54) is 19.3 Å². The summed E-state index contributed by atoms with van der Waals surface area (Å²) in [5.41, 5.74) is 5.42. The highest BCUT2D eigenvalue weighted by Gasteiger charge is 2.56. The van der Waals surface area contributed by atoms with Crippen molar-refractivity contribution in [2.75, 3.05) is 13.7 Å². The molecular formula is C12H19N3O2. The van der Waals surface area contributed by atoms with Crippen LogP contribution in [-0.2, 0) is 10.3 Å². The summed E-state index contributed by atoms with van der Waals surface area (Å²) in [6.45, 7) is 2.25. The van der Waals surface area contributed by atoms with Crippen molar-refractivity contribution in [2.45, 2.75) is 37.6 Å². The van der Waals surface area contributed by atoms with Gasteiger partial charge in [0.1, 0.15) is 5.54 Å². The van der Waals surface area contributed by atoms with E-state index in [0.29, 0.717) is 18.3 Å². The second-order valence-corrected chi connectivity index (χ2v) is 5.59. The zero-order valence-corrected chi connectivity index (χ0v) is 10.3. The van der Waals surface area contributed by atoms with Gasteiger partial charge in [-0.2, -0.15) is 4.98 Å². The number of rotatable bonds is 4. The average molecular weight is 237 g/mol. The van der Waals surface area contributed by atoms with Crippen molar-refractivity contribution in [3.63, 3.8) is 0 Å². The topological polar surface area (TPSA) is 74.2 Å². The zero-order valence-electron chi connectivity index (χ0n) is 10.3. The first-order valence-corrected chi connectivity index (χ1v) is 6.25. The maximum atomic E-state index is 6.09. The van der Waals surface area contributed by atoms with Crippen molar-refractivity contribution in [2.24, 2.45) is 17.6 Å². The molecule has 3 unspecified atom stereocenters. The van der Waals surface area contributed by atoms with Gasteiger partial charge in [-0.25, -0.2) is 0 Å². The monoisotopic (exact) mass is 237 g/mol. The molecule has 5 heteroatoms. The molecule has 1 heterocycles. The third-order valence-electron chi connectivity index (χ3n) is 4.09. The fourth-order valence-corrected chi connectivity index (χ4v) is 3.15. The van der Waals surface area contributed by atoms with Crippen molar-refractivity contribution in [3.8, 4) is 0 Å². The van der Waals surface area contributed by atoms with Crippen LogP contribution in [0.4, 0.5) is 0 Å². The smallest absolute Gasteiger partial charge is 0.230 e. The van der Waals surface area contributed by atoms with Crippen LogP contribution in [0.5, 0.6) is 0 Å². The summed E-state index contributed by atoms with van der Waals surface area (Å²) in [5.74, 6) is 3.41. The van der Waals surface area contributed by atoms with E-state index in [2.05, 4.69) is 10.1 Å². The number of fused-ring (bicyclic) bond motifs is 1. The van der Waals surface area contributed by atoms with Gasteiger partial charge >= 0.3 is 0 Å². The molecule has 0 spiro atoms. The average Bonchev–Trinajstić information content (AvgIpc) is 2.76. The SMILES string of the molecule is COCC(C)(N)c1noc(C2C3CCCC32)n1. The number of methoxy groups -OCH3 is 1.